The average Bonchev–Trinajstić information content (AvgIpc) is 2.42. The molecule has 1 saturated heterocycles. The van der Waals surface area contributed by atoms with Gasteiger partial charge in [-0.15, -0.1) is 0 Å². The van der Waals surface area contributed by atoms with Gasteiger partial charge in [0.1, 0.15) is 0 Å². The molecule has 1 aliphatic rings. The molecule has 19 heavy (non-hydrogen) atoms. The van der Waals surface area contributed by atoms with Gasteiger partial charge in [-0.1, -0.05) is 0 Å². The second-order valence-electron chi connectivity index (χ2n) is 4.22. The molecule has 1 aromatic rings. The van der Waals surface area contributed by atoms with Crippen molar-refractivity contribution in [3.05, 3.63) is 18.2 Å². The molecule has 0 saturated carbocycles. The van der Waals surface area contributed by atoms with Crippen LogP contribution in [0, 0.1) is 0 Å². The minimum absolute atomic E-state index is 0.0814. The summed E-state index contributed by atoms with van der Waals surface area (Å²) in [6, 6.07) is 5.63. The van der Waals surface area contributed by atoms with Crippen LogP contribution in [0.2, 0.25) is 0 Å². The quantitative estimate of drug-likeness (QED) is 0.874. The van der Waals surface area contributed by atoms with E-state index in [4.69, 9.17) is 9.47 Å². The van der Waals surface area contributed by atoms with Gasteiger partial charge in [-0.3, -0.25) is 4.79 Å². The maximum atomic E-state index is 11.9. The fourth-order valence-electron chi connectivity index (χ4n) is 2.09. The van der Waals surface area contributed by atoms with E-state index in [2.05, 4.69) is 5.32 Å². The third-order valence-corrected chi connectivity index (χ3v) is 2.93. The largest absolute Gasteiger partial charge is 0.490 e. The van der Waals surface area contributed by atoms with Crippen molar-refractivity contribution in [3.63, 3.8) is 0 Å². The number of carbonyl (C=O) groups excluding carboxylic acids is 1. The summed E-state index contributed by atoms with van der Waals surface area (Å²) in [5.74, 6) is 1.49. The normalized spacial score (nSPS) is 15.5. The molecule has 5 nitrogen and oxygen atoms in total. The van der Waals surface area contributed by atoms with E-state index in [0.29, 0.717) is 32.1 Å². The van der Waals surface area contributed by atoms with E-state index in [0.717, 1.165) is 18.0 Å². The van der Waals surface area contributed by atoms with Crippen molar-refractivity contribution in [1.29, 1.82) is 0 Å². The van der Waals surface area contributed by atoms with Crippen LogP contribution in [-0.2, 0) is 4.79 Å². The summed E-state index contributed by atoms with van der Waals surface area (Å²) in [5.41, 5.74) is 0.860. The first-order valence-corrected chi connectivity index (χ1v) is 6.67. The molecule has 1 N–H and O–H groups in total. The predicted octanol–water partition coefficient (Wildman–Crippen LogP) is 1.42. The number of amides is 1. The third kappa shape index (κ3) is 3.17. The summed E-state index contributed by atoms with van der Waals surface area (Å²) < 4.78 is 11.1. The van der Waals surface area contributed by atoms with Crippen molar-refractivity contribution in [3.8, 4) is 11.5 Å². The van der Waals surface area contributed by atoms with E-state index >= 15 is 0 Å². The molecule has 1 aromatic carbocycles. The molecule has 0 aromatic heterocycles. The van der Waals surface area contributed by atoms with E-state index in [1.165, 1.54) is 0 Å². The monoisotopic (exact) mass is 264 g/mol. The topological polar surface area (TPSA) is 50.8 Å². The SMILES string of the molecule is CCOc1ccc(N2CCNCC2=O)cc1OCC. The van der Waals surface area contributed by atoms with Crippen LogP contribution in [0.5, 0.6) is 11.5 Å². The highest BCUT2D eigenvalue weighted by Crippen LogP contribution is 2.32. The molecule has 0 spiro atoms. The Hall–Kier alpha value is -1.75. The Morgan fingerprint density at radius 2 is 1.95 bits per heavy atom. The van der Waals surface area contributed by atoms with Crippen LogP contribution < -0.4 is 19.7 Å². The Bertz CT molecular complexity index is 448. The van der Waals surface area contributed by atoms with Gasteiger partial charge in [0.2, 0.25) is 5.91 Å². The Kier molecular flexibility index (Phi) is 4.63. The zero-order valence-corrected chi connectivity index (χ0v) is 11.4. The second-order valence-corrected chi connectivity index (χ2v) is 4.22. The first kappa shape index (κ1) is 13.7. The first-order valence-electron chi connectivity index (χ1n) is 6.67. The zero-order chi connectivity index (χ0) is 13.7. The minimum Gasteiger partial charge on any atom is -0.490 e. The number of carbonyl (C=O) groups is 1. The number of hydrogen-bond acceptors (Lipinski definition) is 4. The third-order valence-electron chi connectivity index (χ3n) is 2.93. The summed E-state index contributed by atoms with van der Waals surface area (Å²) in [5, 5.41) is 3.06. The molecule has 0 radical (unpaired) electrons. The summed E-state index contributed by atoms with van der Waals surface area (Å²) in [7, 11) is 0. The number of anilines is 1. The molecule has 1 heterocycles. The van der Waals surface area contributed by atoms with Crippen LogP contribution in [0.4, 0.5) is 5.69 Å². The maximum Gasteiger partial charge on any atom is 0.240 e. The summed E-state index contributed by atoms with van der Waals surface area (Å²) >= 11 is 0. The van der Waals surface area contributed by atoms with Crippen molar-refractivity contribution >= 4 is 11.6 Å². The van der Waals surface area contributed by atoms with E-state index in [9.17, 15) is 4.79 Å². The lowest BCUT2D eigenvalue weighted by atomic mass is 10.2. The van der Waals surface area contributed by atoms with Crippen LogP contribution in [0.15, 0.2) is 18.2 Å². The van der Waals surface area contributed by atoms with Crippen LogP contribution in [-0.4, -0.2) is 38.8 Å². The second kappa shape index (κ2) is 6.43. The van der Waals surface area contributed by atoms with Crippen LogP contribution in [0.25, 0.3) is 0 Å². The molecule has 104 valence electrons. The van der Waals surface area contributed by atoms with Crippen molar-refractivity contribution in [2.75, 3.05) is 37.7 Å². The lowest BCUT2D eigenvalue weighted by Crippen LogP contribution is -2.48. The molecule has 0 atom stereocenters. The highest BCUT2D eigenvalue weighted by atomic mass is 16.5. The number of nitrogens with one attached hydrogen (secondary N) is 1. The molecular formula is C14H20N2O3. The van der Waals surface area contributed by atoms with E-state index in [1.807, 2.05) is 32.0 Å². The Labute approximate surface area is 113 Å². The van der Waals surface area contributed by atoms with Crippen LogP contribution >= 0.6 is 0 Å². The van der Waals surface area contributed by atoms with E-state index in [1.54, 1.807) is 4.90 Å². The smallest absolute Gasteiger partial charge is 0.240 e. The molecule has 1 aliphatic heterocycles. The summed E-state index contributed by atoms with van der Waals surface area (Å²) in [4.78, 5) is 13.6. The molecule has 1 fully saturated rings. The minimum atomic E-state index is 0.0814. The number of benzene rings is 1. The lowest BCUT2D eigenvalue weighted by Gasteiger charge is -2.28. The number of ether oxygens (including phenoxy) is 2. The Morgan fingerprint density at radius 3 is 2.63 bits per heavy atom. The molecule has 2 rings (SSSR count). The van der Waals surface area contributed by atoms with Gasteiger partial charge in [0, 0.05) is 24.8 Å². The Balaban J connectivity index is 2.25. The van der Waals surface area contributed by atoms with Crippen molar-refractivity contribution in [2.45, 2.75) is 13.8 Å². The zero-order valence-electron chi connectivity index (χ0n) is 11.4. The molecule has 5 heteroatoms. The van der Waals surface area contributed by atoms with Gasteiger partial charge in [-0.2, -0.15) is 0 Å². The highest BCUT2D eigenvalue weighted by Gasteiger charge is 2.20. The van der Waals surface area contributed by atoms with Gasteiger partial charge < -0.3 is 19.7 Å². The van der Waals surface area contributed by atoms with Gasteiger partial charge in [0.05, 0.1) is 19.8 Å². The van der Waals surface area contributed by atoms with Crippen molar-refractivity contribution in [1.82, 2.24) is 5.32 Å². The van der Waals surface area contributed by atoms with Gasteiger partial charge in [0.25, 0.3) is 0 Å². The van der Waals surface area contributed by atoms with Crippen LogP contribution in [0.3, 0.4) is 0 Å². The van der Waals surface area contributed by atoms with Gasteiger partial charge >= 0.3 is 0 Å². The van der Waals surface area contributed by atoms with Crippen molar-refractivity contribution in [2.24, 2.45) is 0 Å². The molecule has 0 unspecified atom stereocenters. The predicted molar refractivity (Wildman–Crippen MR) is 74.0 cm³/mol. The Morgan fingerprint density at radius 1 is 1.21 bits per heavy atom. The van der Waals surface area contributed by atoms with Crippen molar-refractivity contribution < 1.29 is 14.3 Å². The maximum absolute atomic E-state index is 11.9. The standard InChI is InChI=1S/C14H20N2O3/c1-3-18-12-6-5-11(9-13(12)19-4-2)16-8-7-15-10-14(16)17/h5-6,9,15H,3-4,7-8,10H2,1-2H3. The fourth-order valence-corrected chi connectivity index (χ4v) is 2.09. The lowest BCUT2D eigenvalue weighted by molar-refractivity contribution is -0.118. The van der Waals surface area contributed by atoms with E-state index < -0.39 is 0 Å². The number of rotatable bonds is 5. The molecule has 1 amide bonds. The number of nitrogens with zero attached hydrogens (tertiary/aromatic N) is 1. The number of hydrogen-bond donors (Lipinski definition) is 1. The molecule has 0 bridgehead atoms. The van der Waals surface area contributed by atoms with E-state index in [-0.39, 0.29) is 5.91 Å². The van der Waals surface area contributed by atoms with Gasteiger partial charge in [-0.25, -0.2) is 0 Å². The van der Waals surface area contributed by atoms with Gasteiger partial charge in [-0.05, 0) is 26.0 Å². The molecule has 0 aliphatic carbocycles. The highest BCUT2D eigenvalue weighted by molar-refractivity contribution is 5.95. The summed E-state index contributed by atoms with van der Waals surface area (Å²) in [6.07, 6.45) is 0. The fraction of sp³-hybridized carbons (Fsp3) is 0.500. The first-order chi connectivity index (χ1) is 9.26. The average molecular weight is 264 g/mol. The number of piperazine rings is 1. The molecular weight excluding hydrogens is 244 g/mol. The van der Waals surface area contributed by atoms with Crippen LogP contribution in [0.1, 0.15) is 13.8 Å². The summed E-state index contributed by atoms with van der Waals surface area (Å²) in [6.45, 7) is 6.89. The van der Waals surface area contributed by atoms with Gasteiger partial charge in [0.15, 0.2) is 11.5 Å².